The SMILES string of the molecule is CN(C(=O)OC(C)(C)C)[C@@H](CCBr)C(=O)OC(C)(C)C. The molecular weight excluding hydrogens is 326 g/mol. The Hall–Kier alpha value is -0.780. The molecule has 0 saturated carbocycles. The third-order valence-electron chi connectivity index (χ3n) is 2.21. The third kappa shape index (κ3) is 7.72. The Kier molecular flexibility index (Phi) is 7.01. The maximum Gasteiger partial charge on any atom is 0.410 e. The predicted molar refractivity (Wildman–Crippen MR) is 82.0 cm³/mol. The van der Waals surface area contributed by atoms with Crippen LogP contribution in [0.1, 0.15) is 48.0 Å². The fourth-order valence-corrected chi connectivity index (χ4v) is 1.84. The number of esters is 1. The van der Waals surface area contributed by atoms with Crippen molar-refractivity contribution in [2.75, 3.05) is 12.4 Å². The molecule has 0 bridgehead atoms. The van der Waals surface area contributed by atoms with Gasteiger partial charge in [-0.2, -0.15) is 0 Å². The van der Waals surface area contributed by atoms with Crippen LogP contribution < -0.4 is 0 Å². The van der Waals surface area contributed by atoms with Gasteiger partial charge in [-0.05, 0) is 48.0 Å². The zero-order valence-electron chi connectivity index (χ0n) is 13.4. The lowest BCUT2D eigenvalue weighted by atomic mass is 10.1. The van der Waals surface area contributed by atoms with Crippen molar-refractivity contribution in [2.45, 2.75) is 65.2 Å². The maximum atomic E-state index is 12.2. The number of hydrogen-bond donors (Lipinski definition) is 0. The van der Waals surface area contributed by atoms with E-state index in [9.17, 15) is 9.59 Å². The highest BCUT2D eigenvalue weighted by atomic mass is 79.9. The number of halogens is 1. The second-order valence-electron chi connectivity index (χ2n) is 6.62. The lowest BCUT2D eigenvalue weighted by Gasteiger charge is -2.31. The molecule has 20 heavy (non-hydrogen) atoms. The molecule has 5 nitrogen and oxygen atoms in total. The standard InChI is InChI=1S/C14H26BrNO4/c1-13(2,3)19-11(17)10(8-9-15)16(7)12(18)20-14(4,5)6/h10H,8-9H2,1-7H3/t10-/m0/s1. The van der Waals surface area contributed by atoms with Gasteiger partial charge >= 0.3 is 12.1 Å². The monoisotopic (exact) mass is 351 g/mol. The second-order valence-corrected chi connectivity index (χ2v) is 7.41. The number of nitrogens with zero attached hydrogens (tertiary/aromatic N) is 1. The summed E-state index contributed by atoms with van der Waals surface area (Å²) in [6, 6.07) is -0.663. The number of carbonyl (C=O) groups is 2. The van der Waals surface area contributed by atoms with Crippen LogP contribution in [0.2, 0.25) is 0 Å². The Morgan fingerprint density at radius 2 is 1.50 bits per heavy atom. The van der Waals surface area contributed by atoms with Gasteiger partial charge in [0.1, 0.15) is 17.2 Å². The zero-order chi connectivity index (χ0) is 16.1. The van der Waals surface area contributed by atoms with E-state index in [1.807, 2.05) is 0 Å². The number of amides is 1. The van der Waals surface area contributed by atoms with Gasteiger partial charge in [0.25, 0.3) is 0 Å². The number of ether oxygens (including phenoxy) is 2. The molecule has 0 N–H and O–H groups in total. The van der Waals surface area contributed by atoms with Crippen LogP contribution in [0.25, 0.3) is 0 Å². The second kappa shape index (κ2) is 7.29. The molecule has 0 aliphatic carbocycles. The van der Waals surface area contributed by atoms with Crippen molar-refractivity contribution in [3.8, 4) is 0 Å². The van der Waals surface area contributed by atoms with Gasteiger partial charge < -0.3 is 9.47 Å². The molecule has 0 spiro atoms. The van der Waals surface area contributed by atoms with Crippen LogP contribution >= 0.6 is 15.9 Å². The number of alkyl halides is 1. The predicted octanol–water partition coefficient (Wildman–Crippen LogP) is 3.35. The fraction of sp³-hybridized carbons (Fsp3) is 0.857. The van der Waals surface area contributed by atoms with Crippen LogP contribution in [0.4, 0.5) is 4.79 Å². The summed E-state index contributed by atoms with van der Waals surface area (Å²) in [6.45, 7) is 10.7. The summed E-state index contributed by atoms with van der Waals surface area (Å²) < 4.78 is 10.6. The highest BCUT2D eigenvalue weighted by molar-refractivity contribution is 9.09. The average molecular weight is 352 g/mol. The van der Waals surface area contributed by atoms with Crippen LogP contribution in [-0.2, 0) is 14.3 Å². The van der Waals surface area contributed by atoms with Crippen molar-refractivity contribution >= 4 is 28.0 Å². The molecule has 0 rings (SSSR count). The lowest BCUT2D eigenvalue weighted by Crippen LogP contribution is -2.47. The van der Waals surface area contributed by atoms with Crippen molar-refractivity contribution < 1.29 is 19.1 Å². The van der Waals surface area contributed by atoms with Crippen molar-refractivity contribution in [3.05, 3.63) is 0 Å². The van der Waals surface area contributed by atoms with Crippen molar-refractivity contribution in [2.24, 2.45) is 0 Å². The first-order valence-electron chi connectivity index (χ1n) is 6.62. The minimum Gasteiger partial charge on any atom is -0.458 e. The summed E-state index contributed by atoms with van der Waals surface area (Å²) in [5.41, 5.74) is -1.19. The molecule has 0 unspecified atom stereocenters. The highest BCUT2D eigenvalue weighted by Crippen LogP contribution is 2.16. The van der Waals surface area contributed by atoms with E-state index < -0.39 is 29.3 Å². The summed E-state index contributed by atoms with van der Waals surface area (Å²) in [7, 11) is 1.55. The van der Waals surface area contributed by atoms with Crippen molar-refractivity contribution in [3.63, 3.8) is 0 Å². The first-order chi connectivity index (χ1) is 8.87. The molecule has 0 saturated heterocycles. The van der Waals surface area contributed by atoms with Gasteiger partial charge in [0.2, 0.25) is 0 Å². The largest absolute Gasteiger partial charge is 0.458 e. The molecule has 118 valence electrons. The normalized spacial score (nSPS) is 13.6. The minimum atomic E-state index is -0.663. The highest BCUT2D eigenvalue weighted by Gasteiger charge is 2.32. The quantitative estimate of drug-likeness (QED) is 0.575. The van der Waals surface area contributed by atoms with E-state index in [-0.39, 0.29) is 0 Å². The zero-order valence-corrected chi connectivity index (χ0v) is 15.0. The van der Waals surface area contributed by atoms with Gasteiger partial charge in [-0.25, -0.2) is 9.59 Å². The molecule has 6 heteroatoms. The van der Waals surface area contributed by atoms with Crippen molar-refractivity contribution in [1.29, 1.82) is 0 Å². The molecule has 1 atom stereocenters. The van der Waals surface area contributed by atoms with Gasteiger partial charge in [-0.15, -0.1) is 0 Å². The summed E-state index contributed by atoms with van der Waals surface area (Å²) in [5, 5.41) is 0.587. The van der Waals surface area contributed by atoms with E-state index in [4.69, 9.17) is 9.47 Å². The molecule has 0 radical (unpaired) electrons. The van der Waals surface area contributed by atoms with Crippen LogP contribution in [0.3, 0.4) is 0 Å². The molecule has 0 heterocycles. The number of carbonyl (C=O) groups excluding carboxylic acids is 2. The Morgan fingerprint density at radius 3 is 1.85 bits per heavy atom. The molecule has 1 amide bonds. The Bertz CT molecular complexity index is 344. The van der Waals surface area contributed by atoms with Gasteiger partial charge in [0.15, 0.2) is 0 Å². The van der Waals surface area contributed by atoms with Gasteiger partial charge in [0, 0.05) is 12.4 Å². The lowest BCUT2D eigenvalue weighted by molar-refractivity contribution is -0.160. The Labute approximate surface area is 130 Å². The smallest absolute Gasteiger partial charge is 0.410 e. The molecule has 0 aromatic rings. The molecule has 0 aromatic heterocycles. The number of hydrogen-bond acceptors (Lipinski definition) is 4. The van der Waals surface area contributed by atoms with E-state index in [2.05, 4.69) is 15.9 Å². The first kappa shape index (κ1) is 19.2. The molecule has 0 aliphatic heterocycles. The minimum absolute atomic E-state index is 0.426. The summed E-state index contributed by atoms with van der Waals surface area (Å²) >= 11 is 3.29. The van der Waals surface area contributed by atoms with E-state index in [1.165, 1.54) is 4.90 Å². The fourth-order valence-electron chi connectivity index (χ4n) is 1.40. The van der Waals surface area contributed by atoms with Crippen LogP contribution in [-0.4, -0.2) is 46.6 Å². The van der Waals surface area contributed by atoms with Crippen LogP contribution in [0.5, 0.6) is 0 Å². The first-order valence-corrected chi connectivity index (χ1v) is 7.74. The number of rotatable bonds is 4. The average Bonchev–Trinajstić information content (AvgIpc) is 2.19. The third-order valence-corrected chi connectivity index (χ3v) is 2.67. The summed E-state index contributed by atoms with van der Waals surface area (Å²) in [4.78, 5) is 25.5. The molecular formula is C14H26BrNO4. The Morgan fingerprint density at radius 1 is 1.05 bits per heavy atom. The van der Waals surface area contributed by atoms with E-state index in [0.717, 1.165) is 0 Å². The summed E-state index contributed by atoms with van der Waals surface area (Å²) in [6.07, 6.45) is -0.0701. The van der Waals surface area contributed by atoms with Gasteiger partial charge in [0.05, 0.1) is 0 Å². The van der Waals surface area contributed by atoms with Crippen LogP contribution in [0, 0.1) is 0 Å². The van der Waals surface area contributed by atoms with E-state index >= 15 is 0 Å². The Balaban J connectivity index is 4.90. The molecule has 0 aliphatic rings. The maximum absolute atomic E-state index is 12.2. The van der Waals surface area contributed by atoms with Crippen LogP contribution in [0.15, 0.2) is 0 Å². The molecule has 0 aromatic carbocycles. The van der Waals surface area contributed by atoms with E-state index in [0.29, 0.717) is 11.8 Å². The van der Waals surface area contributed by atoms with Gasteiger partial charge in [-0.1, -0.05) is 15.9 Å². The van der Waals surface area contributed by atoms with Crippen molar-refractivity contribution in [1.82, 2.24) is 4.90 Å². The van der Waals surface area contributed by atoms with Gasteiger partial charge in [-0.3, -0.25) is 4.90 Å². The topological polar surface area (TPSA) is 55.8 Å². The van der Waals surface area contributed by atoms with E-state index in [1.54, 1.807) is 48.6 Å². The summed E-state index contributed by atoms with van der Waals surface area (Å²) in [5.74, 6) is -0.426. The molecule has 0 fully saturated rings. The number of likely N-dealkylation sites (N-methyl/N-ethyl adjacent to an activating group) is 1.